The summed E-state index contributed by atoms with van der Waals surface area (Å²) in [5.74, 6) is -2.01. The minimum absolute atomic E-state index is 0.0251. The van der Waals surface area contributed by atoms with Crippen molar-refractivity contribution in [2.24, 2.45) is 34.0 Å². The van der Waals surface area contributed by atoms with E-state index in [9.17, 15) is 24.5 Å². The topological polar surface area (TPSA) is 132 Å². The van der Waals surface area contributed by atoms with E-state index < -0.39 is 28.8 Å². The summed E-state index contributed by atoms with van der Waals surface area (Å²) >= 11 is 0. The van der Waals surface area contributed by atoms with Crippen LogP contribution in [0.3, 0.4) is 0 Å². The molecule has 47 heavy (non-hydrogen) atoms. The Bertz CT molecular complexity index is 1820. The standard InChI is InChI=1S/C35H35N7O5/c1-18(2)19-5-7-20(8-6-19)30-32(35(45)39(30)22-11-9-21(10-12-22)38(3)4)40-33(43)27-25-17-26(28(27)34(40)44)31-29(25)36-37-41(31)23-13-15-24(16-14-23)42(46)47/h5-16,18,25-32H,17H2,1-4H3. The first kappa shape index (κ1) is 29.3. The van der Waals surface area contributed by atoms with Gasteiger partial charge in [0.15, 0.2) is 0 Å². The summed E-state index contributed by atoms with van der Waals surface area (Å²) in [6, 6.07) is 20.0. The quantitative estimate of drug-likeness (QED) is 0.153. The number of carbonyl (C=O) groups excluding carboxylic acids is 3. The van der Waals surface area contributed by atoms with Crippen LogP contribution in [0, 0.1) is 33.8 Å². The molecule has 3 aromatic rings. The molecule has 0 radical (unpaired) electrons. The first-order valence-corrected chi connectivity index (χ1v) is 16.1. The highest BCUT2D eigenvalue weighted by atomic mass is 16.6. The fourth-order valence-electron chi connectivity index (χ4n) is 8.67. The number of rotatable bonds is 7. The largest absolute Gasteiger partial charge is 0.378 e. The molecular formula is C35H35N7O5. The molecule has 12 nitrogen and oxygen atoms in total. The Balaban J connectivity index is 1.11. The predicted molar refractivity (Wildman–Crippen MR) is 174 cm³/mol. The van der Waals surface area contributed by atoms with Gasteiger partial charge in [0.1, 0.15) is 6.04 Å². The van der Waals surface area contributed by atoms with E-state index in [4.69, 9.17) is 0 Å². The summed E-state index contributed by atoms with van der Waals surface area (Å²) in [4.78, 5) is 58.5. The molecule has 8 atom stereocenters. The zero-order chi connectivity index (χ0) is 32.9. The number of nitrogens with zero attached hydrogens (tertiary/aromatic N) is 7. The molecule has 4 fully saturated rings. The van der Waals surface area contributed by atoms with Crippen molar-refractivity contribution in [2.75, 3.05) is 28.9 Å². The van der Waals surface area contributed by atoms with Gasteiger partial charge in [0.2, 0.25) is 11.8 Å². The van der Waals surface area contributed by atoms with Crippen LogP contribution in [0.5, 0.6) is 0 Å². The second-order valence-corrected chi connectivity index (χ2v) is 13.8. The number of amides is 3. The van der Waals surface area contributed by atoms with Crippen LogP contribution < -0.4 is 14.8 Å². The van der Waals surface area contributed by atoms with Crippen molar-refractivity contribution < 1.29 is 19.3 Å². The normalized spacial score (nSPS) is 30.3. The molecule has 2 saturated carbocycles. The van der Waals surface area contributed by atoms with Crippen LogP contribution in [-0.4, -0.2) is 59.8 Å². The maximum Gasteiger partial charge on any atom is 0.269 e. The molecule has 3 amide bonds. The first-order chi connectivity index (χ1) is 22.6. The Morgan fingerprint density at radius 1 is 0.787 bits per heavy atom. The maximum atomic E-state index is 14.4. The van der Waals surface area contributed by atoms with Crippen molar-refractivity contribution in [1.29, 1.82) is 0 Å². The Hall–Kier alpha value is -5.13. The number of anilines is 3. The lowest BCUT2D eigenvalue weighted by molar-refractivity contribution is -0.384. The molecule has 2 saturated heterocycles. The molecule has 0 N–H and O–H groups in total. The average molecular weight is 634 g/mol. The summed E-state index contributed by atoms with van der Waals surface area (Å²) in [7, 11) is 3.91. The molecule has 5 aliphatic rings. The van der Waals surface area contributed by atoms with E-state index >= 15 is 0 Å². The van der Waals surface area contributed by atoms with Gasteiger partial charge in [-0.25, -0.2) is 5.01 Å². The summed E-state index contributed by atoms with van der Waals surface area (Å²) in [6.07, 6.45) is 0.668. The Labute approximate surface area is 271 Å². The van der Waals surface area contributed by atoms with E-state index in [-0.39, 0.29) is 47.3 Å². The number of non-ortho nitro benzene ring substituents is 1. The van der Waals surface area contributed by atoms with Crippen LogP contribution in [0.1, 0.15) is 43.4 Å². The molecule has 2 bridgehead atoms. The predicted octanol–water partition coefficient (Wildman–Crippen LogP) is 5.12. The third-order valence-corrected chi connectivity index (χ3v) is 10.9. The van der Waals surface area contributed by atoms with E-state index in [1.54, 1.807) is 22.0 Å². The number of hydrogen-bond donors (Lipinski definition) is 0. The SMILES string of the molecule is CC(C)c1ccc(C2C(N3C(=O)C4C5CC(C4C3=O)C3C5N=NN3c3ccc([N+](=O)[O-])cc3)C(=O)N2c2ccc(N(C)C)cc2)cc1. The van der Waals surface area contributed by atoms with E-state index in [0.29, 0.717) is 23.7 Å². The summed E-state index contributed by atoms with van der Waals surface area (Å²) in [5.41, 5.74) is 4.36. The van der Waals surface area contributed by atoms with Crippen LogP contribution in [0.2, 0.25) is 0 Å². The maximum absolute atomic E-state index is 14.4. The van der Waals surface area contributed by atoms with E-state index in [1.807, 2.05) is 55.4 Å². The highest BCUT2D eigenvalue weighted by Gasteiger charge is 2.72. The van der Waals surface area contributed by atoms with Gasteiger partial charge >= 0.3 is 0 Å². The number of carbonyl (C=O) groups is 3. The molecule has 3 heterocycles. The Morgan fingerprint density at radius 3 is 2.00 bits per heavy atom. The third kappa shape index (κ3) is 4.16. The van der Waals surface area contributed by atoms with Crippen LogP contribution in [0.25, 0.3) is 0 Å². The van der Waals surface area contributed by atoms with Crippen molar-refractivity contribution in [3.8, 4) is 0 Å². The highest BCUT2D eigenvalue weighted by molar-refractivity contribution is 6.15. The van der Waals surface area contributed by atoms with Crippen LogP contribution >= 0.6 is 0 Å². The first-order valence-electron chi connectivity index (χ1n) is 16.1. The Kier molecular flexibility index (Phi) is 6.51. The van der Waals surface area contributed by atoms with Gasteiger partial charge in [-0.15, -0.1) is 0 Å². The number of imide groups is 1. The molecule has 3 aliphatic heterocycles. The summed E-state index contributed by atoms with van der Waals surface area (Å²) < 4.78 is 0. The molecule has 2 aliphatic carbocycles. The third-order valence-electron chi connectivity index (χ3n) is 10.9. The van der Waals surface area contributed by atoms with Gasteiger partial charge in [-0.05, 0) is 71.7 Å². The van der Waals surface area contributed by atoms with Gasteiger partial charge in [-0.2, -0.15) is 5.11 Å². The van der Waals surface area contributed by atoms with Crippen LogP contribution in [0.15, 0.2) is 83.1 Å². The van der Waals surface area contributed by atoms with Gasteiger partial charge < -0.3 is 9.80 Å². The summed E-state index contributed by atoms with van der Waals surface area (Å²) in [6.45, 7) is 4.24. The number of β-lactam (4-membered cyclic amide) rings is 1. The van der Waals surface area contributed by atoms with Crippen molar-refractivity contribution in [1.82, 2.24) is 4.90 Å². The van der Waals surface area contributed by atoms with E-state index in [0.717, 1.165) is 16.8 Å². The lowest BCUT2D eigenvalue weighted by Gasteiger charge is -2.50. The van der Waals surface area contributed by atoms with Crippen molar-refractivity contribution >= 4 is 40.5 Å². The minimum atomic E-state index is -0.939. The molecule has 0 spiro atoms. The second kappa shape index (κ2) is 10.4. The average Bonchev–Trinajstić information content (AvgIpc) is 3.82. The van der Waals surface area contributed by atoms with E-state index in [1.165, 1.54) is 17.0 Å². The van der Waals surface area contributed by atoms with Gasteiger partial charge in [0.25, 0.3) is 11.6 Å². The molecule has 0 aromatic heterocycles. The fraction of sp³-hybridized carbons (Fsp3) is 0.400. The van der Waals surface area contributed by atoms with Gasteiger partial charge in [0.05, 0.1) is 40.6 Å². The van der Waals surface area contributed by atoms with Crippen LogP contribution in [-0.2, 0) is 14.4 Å². The number of benzene rings is 3. The smallest absolute Gasteiger partial charge is 0.269 e. The molecule has 8 rings (SSSR count). The zero-order valence-corrected chi connectivity index (χ0v) is 26.5. The molecule has 8 unspecified atom stereocenters. The number of nitro groups is 1. The van der Waals surface area contributed by atoms with Crippen molar-refractivity contribution in [3.63, 3.8) is 0 Å². The lowest BCUT2D eigenvalue weighted by atomic mass is 9.76. The van der Waals surface area contributed by atoms with E-state index in [2.05, 4.69) is 36.3 Å². The molecule has 3 aromatic carbocycles. The molecule has 12 heteroatoms. The second-order valence-electron chi connectivity index (χ2n) is 13.8. The number of hydrogen-bond acceptors (Lipinski definition) is 9. The molecule has 240 valence electrons. The minimum Gasteiger partial charge on any atom is -0.378 e. The zero-order valence-electron chi connectivity index (χ0n) is 26.5. The molecular weight excluding hydrogens is 598 g/mol. The Morgan fingerprint density at radius 2 is 1.40 bits per heavy atom. The van der Waals surface area contributed by atoms with Gasteiger partial charge in [-0.1, -0.05) is 43.3 Å². The van der Waals surface area contributed by atoms with Crippen molar-refractivity contribution in [3.05, 3.63) is 94.0 Å². The monoisotopic (exact) mass is 633 g/mol. The number of nitro benzene ring substituents is 1. The number of likely N-dealkylation sites (tertiary alicyclic amines) is 1. The lowest BCUT2D eigenvalue weighted by Crippen LogP contribution is -2.67. The number of fused-ring (bicyclic) bond motifs is 8. The highest BCUT2D eigenvalue weighted by Crippen LogP contribution is 2.61. The van der Waals surface area contributed by atoms with Gasteiger partial charge in [-0.3, -0.25) is 29.4 Å². The van der Waals surface area contributed by atoms with Crippen LogP contribution in [0.4, 0.5) is 22.7 Å². The van der Waals surface area contributed by atoms with Crippen molar-refractivity contribution in [2.45, 2.75) is 50.4 Å². The van der Waals surface area contributed by atoms with Gasteiger partial charge in [0, 0.05) is 37.6 Å². The fourth-order valence-corrected chi connectivity index (χ4v) is 8.67. The summed E-state index contributed by atoms with van der Waals surface area (Å²) in [5, 5.41) is 21.9.